The van der Waals surface area contributed by atoms with Gasteiger partial charge in [0.2, 0.25) is 0 Å². The molecule has 1 unspecified atom stereocenters. The molecule has 0 aromatic carbocycles. The molecule has 3 heteroatoms. The Hall–Kier alpha value is -0.830. The molecule has 0 saturated carbocycles. The van der Waals surface area contributed by atoms with Crippen LogP contribution in [-0.4, -0.2) is 15.6 Å². The van der Waals surface area contributed by atoms with Crippen molar-refractivity contribution >= 4 is 0 Å². The molecule has 0 fully saturated rings. The highest BCUT2D eigenvalue weighted by molar-refractivity contribution is 5.05. The molecular weight excluding hydrogens is 138 g/mol. The normalized spacial score (nSPS) is 23.3. The van der Waals surface area contributed by atoms with Crippen LogP contribution < -0.4 is 5.73 Å². The van der Waals surface area contributed by atoms with E-state index < -0.39 is 0 Å². The Kier molecular flexibility index (Phi) is 1.46. The van der Waals surface area contributed by atoms with Crippen LogP contribution in [0.1, 0.15) is 17.9 Å². The lowest BCUT2D eigenvalue weighted by atomic mass is 10.1. The second kappa shape index (κ2) is 2.34. The first-order valence-corrected chi connectivity index (χ1v) is 4.04. The van der Waals surface area contributed by atoms with Gasteiger partial charge >= 0.3 is 0 Å². The number of hydrogen-bond donors (Lipinski definition) is 1. The zero-order valence-electron chi connectivity index (χ0n) is 6.75. The fraction of sp³-hybridized carbons (Fsp3) is 0.625. The van der Waals surface area contributed by atoms with E-state index in [2.05, 4.69) is 15.7 Å². The molecule has 2 rings (SSSR count). The number of nitrogens with zero attached hydrogens (tertiary/aromatic N) is 2. The van der Waals surface area contributed by atoms with E-state index in [1.807, 2.05) is 6.92 Å². The molecule has 0 amide bonds. The van der Waals surface area contributed by atoms with Crippen molar-refractivity contribution in [2.75, 3.05) is 0 Å². The van der Waals surface area contributed by atoms with Crippen LogP contribution in [0.5, 0.6) is 0 Å². The molecule has 0 radical (unpaired) electrons. The van der Waals surface area contributed by atoms with Gasteiger partial charge in [0, 0.05) is 25.2 Å². The van der Waals surface area contributed by atoms with Gasteiger partial charge in [-0.25, -0.2) is 4.98 Å². The van der Waals surface area contributed by atoms with Gasteiger partial charge in [0.05, 0.1) is 5.69 Å². The summed E-state index contributed by atoms with van der Waals surface area (Å²) in [5.41, 5.74) is 6.91. The maximum Gasteiger partial charge on any atom is 0.110 e. The molecule has 1 aromatic rings. The van der Waals surface area contributed by atoms with Crippen molar-refractivity contribution in [1.29, 1.82) is 0 Å². The van der Waals surface area contributed by atoms with Gasteiger partial charge in [-0.1, -0.05) is 0 Å². The highest BCUT2D eigenvalue weighted by atomic mass is 15.1. The molecule has 0 saturated heterocycles. The third kappa shape index (κ3) is 1.16. The number of aromatic nitrogens is 2. The number of rotatable bonds is 0. The standard InChI is InChI=1S/C8H13N3/c1-6-5-11-3-2-7(9)4-8(11)10-6/h5,7H,2-4,9H2,1H3. The van der Waals surface area contributed by atoms with E-state index in [1.165, 1.54) is 0 Å². The summed E-state index contributed by atoms with van der Waals surface area (Å²) in [6, 6.07) is 0.323. The Morgan fingerprint density at radius 2 is 2.55 bits per heavy atom. The van der Waals surface area contributed by atoms with Crippen LogP contribution in [0.3, 0.4) is 0 Å². The molecule has 2 N–H and O–H groups in total. The van der Waals surface area contributed by atoms with Gasteiger partial charge in [0.1, 0.15) is 5.82 Å². The largest absolute Gasteiger partial charge is 0.335 e. The SMILES string of the molecule is Cc1cn2c(n1)CC(N)CC2. The summed E-state index contributed by atoms with van der Waals surface area (Å²) in [5, 5.41) is 0. The first kappa shape index (κ1) is 6.85. The maximum absolute atomic E-state index is 5.81. The first-order valence-electron chi connectivity index (χ1n) is 4.04. The minimum absolute atomic E-state index is 0.323. The number of fused-ring (bicyclic) bond motifs is 1. The molecule has 1 aliphatic heterocycles. The summed E-state index contributed by atoms with van der Waals surface area (Å²) in [6.45, 7) is 3.06. The predicted molar refractivity (Wildman–Crippen MR) is 43.3 cm³/mol. The Balaban J connectivity index is 2.34. The molecule has 0 aliphatic carbocycles. The number of hydrogen-bond acceptors (Lipinski definition) is 2. The van der Waals surface area contributed by atoms with E-state index in [0.717, 1.165) is 30.9 Å². The monoisotopic (exact) mass is 151 g/mol. The predicted octanol–water partition coefficient (Wildman–Crippen LogP) is 0.465. The zero-order valence-corrected chi connectivity index (χ0v) is 6.75. The second-order valence-electron chi connectivity index (χ2n) is 3.24. The lowest BCUT2D eigenvalue weighted by Gasteiger charge is -2.18. The summed E-state index contributed by atoms with van der Waals surface area (Å²) >= 11 is 0. The van der Waals surface area contributed by atoms with E-state index in [0.29, 0.717) is 6.04 Å². The number of nitrogens with two attached hydrogens (primary N) is 1. The highest BCUT2D eigenvalue weighted by Gasteiger charge is 2.15. The van der Waals surface area contributed by atoms with Crippen molar-refractivity contribution in [3.63, 3.8) is 0 Å². The van der Waals surface area contributed by atoms with Gasteiger partial charge in [0.25, 0.3) is 0 Å². The van der Waals surface area contributed by atoms with Crippen molar-refractivity contribution in [1.82, 2.24) is 9.55 Å². The van der Waals surface area contributed by atoms with E-state index in [-0.39, 0.29) is 0 Å². The zero-order chi connectivity index (χ0) is 7.84. The molecule has 0 bridgehead atoms. The minimum Gasteiger partial charge on any atom is -0.335 e. The summed E-state index contributed by atoms with van der Waals surface area (Å²) in [6.07, 6.45) is 4.12. The lowest BCUT2D eigenvalue weighted by molar-refractivity contribution is 0.463. The van der Waals surface area contributed by atoms with Crippen LogP contribution in [0, 0.1) is 6.92 Å². The smallest absolute Gasteiger partial charge is 0.110 e. The molecular formula is C8H13N3. The Morgan fingerprint density at radius 1 is 1.73 bits per heavy atom. The van der Waals surface area contributed by atoms with Gasteiger partial charge < -0.3 is 10.3 Å². The number of aryl methyl sites for hydroxylation is 2. The molecule has 1 aromatic heterocycles. The Morgan fingerprint density at radius 3 is 3.36 bits per heavy atom. The quantitative estimate of drug-likeness (QED) is 0.585. The highest BCUT2D eigenvalue weighted by Crippen LogP contribution is 2.13. The second-order valence-corrected chi connectivity index (χ2v) is 3.24. The third-order valence-electron chi connectivity index (χ3n) is 2.17. The maximum atomic E-state index is 5.81. The van der Waals surface area contributed by atoms with Crippen LogP contribution in [0.4, 0.5) is 0 Å². The fourth-order valence-electron chi connectivity index (χ4n) is 1.59. The van der Waals surface area contributed by atoms with E-state index in [1.54, 1.807) is 0 Å². The van der Waals surface area contributed by atoms with Crippen LogP contribution in [0.2, 0.25) is 0 Å². The van der Waals surface area contributed by atoms with Crippen molar-refractivity contribution in [3.8, 4) is 0 Å². The Bertz CT molecular complexity index is 264. The van der Waals surface area contributed by atoms with Crippen LogP contribution in [-0.2, 0) is 13.0 Å². The summed E-state index contributed by atoms with van der Waals surface area (Å²) in [4.78, 5) is 4.38. The molecule has 1 aliphatic rings. The first-order chi connectivity index (χ1) is 5.25. The van der Waals surface area contributed by atoms with Crippen molar-refractivity contribution < 1.29 is 0 Å². The van der Waals surface area contributed by atoms with Crippen LogP contribution >= 0.6 is 0 Å². The molecule has 1 atom stereocenters. The topological polar surface area (TPSA) is 43.8 Å². The van der Waals surface area contributed by atoms with Gasteiger partial charge in [-0.15, -0.1) is 0 Å². The van der Waals surface area contributed by atoms with Gasteiger partial charge in [-0.05, 0) is 13.3 Å². The Labute approximate surface area is 66.2 Å². The minimum atomic E-state index is 0.323. The molecule has 0 spiro atoms. The van der Waals surface area contributed by atoms with Crippen LogP contribution in [0.25, 0.3) is 0 Å². The van der Waals surface area contributed by atoms with E-state index in [9.17, 15) is 0 Å². The van der Waals surface area contributed by atoms with Crippen molar-refractivity contribution in [2.24, 2.45) is 5.73 Å². The van der Waals surface area contributed by atoms with Crippen molar-refractivity contribution in [3.05, 3.63) is 17.7 Å². The molecule has 3 nitrogen and oxygen atoms in total. The fourth-order valence-corrected chi connectivity index (χ4v) is 1.59. The van der Waals surface area contributed by atoms with E-state index >= 15 is 0 Å². The lowest BCUT2D eigenvalue weighted by Crippen LogP contribution is -2.30. The molecule has 11 heavy (non-hydrogen) atoms. The summed E-state index contributed by atoms with van der Waals surface area (Å²) in [7, 11) is 0. The van der Waals surface area contributed by atoms with Crippen molar-refractivity contribution in [2.45, 2.75) is 32.4 Å². The third-order valence-corrected chi connectivity index (χ3v) is 2.17. The van der Waals surface area contributed by atoms with Gasteiger partial charge in [-0.2, -0.15) is 0 Å². The summed E-state index contributed by atoms with van der Waals surface area (Å²) < 4.78 is 2.21. The van der Waals surface area contributed by atoms with Crippen LogP contribution in [0.15, 0.2) is 6.20 Å². The van der Waals surface area contributed by atoms with E-state index in [4.69, 9.17) is 5.73 Å². The average molecular weight is 151 g/mol. The van der Waals surface area contributed by atoms with Gasteiger partial charge in [-0.3, -0.25) is 0 Å². The average Bonchev–Trinajstić information content (AvgIpc) is 2.27. The van der Waals surface area contributed by atoms with Gasteiger partial charge in [0.15, 0.2) is 0 Å². The molecule has 60 valence electrons. The summed E-state index contributed by atoms with van der Waals surface area (Å²) in [5.74, 6) is 1.15. The number of imidazole rings is 1. The molecule has 2 heterocycles.